The second-order valence-electron chi connectivity index (χ2n) is 5.09. The molecule has 0 atom stereocenters. The molecule has 0 saturated carbocycles. The van der Waals surface area contributed by atoms with Crippen LogP contribution in [0.15, 0.2) is 29.7 Å². The minimum Gasteiger partial charge on any atom is -0.494 e. The fourth-order valence-corrected chi connectivity index (χ4v) is 2.33. The fourth-order valence-electron chi connectivity index (χ4n) is 2.33. The highest BCUT2D eigenvalue weighted by Gasteiger charge is 2.17. The third kappa shape index (κ3) is 4.49. The van der Waals surface area contributed by atoms with E-state index in [0.717, 1.165) is 37.8 Å². The van der Waals surface area contributed by atoms with E-state index in [1.165, 1.54) is 11.8 Å². The average molecular weight is 290 g/mol. The molecule has 21 heavy (non-hydrogen) atoms. The molecule has 0 aliphatic carbocycles. The van der Waals surface area contributed by atoms with Gasteiger partial charge in [0.25, 0.3) is 5.91 Å². The van der Waals surface area contributed by atoms with E-state index in [0.29, 0.717) is 11.5 Å². The van der Waals surface area contributed by atoms with Crippen LogP contribution in [0.25, 0.3) is 6.08 Å². The summed E-state index contributed by atoms with van der Waals surface area (Å²) in [6.45, 7) is 0.279. The molecule has 1 aromatic rings. The highest BCUT2D eigenvalue weighted by Crippen LogP contribution is 2.18. The lowest BCUT2D eigenvalue weighted by molar-refractivity contribution is -0.115. The molecule has 0 spiro atoms. The van der Waals surface area contributed by atoms with Crippen molar-refractivity contribution < 1.29 is 14.6 Å². The monoisotopic (exact) mass is 290 g/mol. The molecule has 3 N–H and O–H groups in total. The summed E-state index contributed by atoms with van der Waals surface area (Å²) in [6, 6.07) is 4.05. The number of carbonyl (C=O) groups excluding carboxylic acids is 1. The molecule has 0 radical (unpaired) electrons. The van der Waals surface area contributed by atoms with Gasteiger partial charge in [0.15, 0.2) is 0 Å². The Morgan fingerprint density at radius 2 is 2.05 bits per heavy atom. The predicted molar refractivity (Wildman–Crippen MR) is 81.3 cm³/mol. The maximum Gasteiger partial charge on any atom is 0.252 e. The first-order valence-electron chi connectivity index (χ1n) is 7.30. The number of aromatic amines is 1. The van der Waals surface area contributed by atoms with E-state index in [4.69, 9.17) is 9.84 Å². The summed E-state index contributed by atoms with van der Waals surface area (Å²) in [5.74, 6) is 0.397. The maximum absolute atomic E-state index is 11.3. The van der Waals surface area contributed by atoms with Crippen LogP contribution in [0.1, 0.15) is 37.1 Å². The summed E-state index contributed by atoms with van der Waals surface area (Å²) in [6.07, 6.45) is 8.50. The van der Waals surface area contributed by atoms with E-state index in [1.807, 2.05) is 12.1 Å². The van der Waals surface area contributed by atoms with Crippen molar-refractivity contribution in [3.8, 4) is 0 Å². The van der Waals surface area contributed by atoms with Crippen molar-refractivity contribution in [3.05, 3.63) is 41.1 Å². The first-order valence-corrected chi connectivity index (χ1v) is 7.30. The molecular formula is C16H22N2O3. The minimum absolute atomic E-state index is 0.159. The quantitative estimate of drug-likeness (QED) is 0.642. The van der Waals surface area contributed by atoms with Gasteiger partial charge >= 0.3 is 0 Å². The number of carbonyl (C=O) groups is 1. The topological polar surface area (TPSA) is 74.3 Å². The van der Waals surface area contributed by atoms with Crippen molar-refractivity contribution in [1.82, 2.24) is 10.3 Å². The number of unbranched alkanes of at least 4 members (excludes halogenated alkanes) is 3. The number of hydrogen-bond donors (Lipinski definition) is 3. The third-order valence-electron chi connectivity index (χ3n) is 3.43. The number of rotatable bonds is 8. The van der Waals surface area contributed by atoms with Crippen molar-refractivity contribution in [2.75, 3.05) is 13.7 Å². The van der Waals surface area contributed by atoms with Crippen molar-refractivity contribution in [2.45, 2.75) is 32.1 Å². The Bertz CT molecular complexity index is 543. The van der Waals surface area contributed by atoms with Crippen LogP contribution >= 0.6 is 0 Å². The number of hydrogen-bond acceptors (Lipinski definition) is 3. The molecule has 0 saturated heterocycles. The van der Waals surface area contributed by atoms with Gasteiger partial charge in [-0.05, 0) is 37.5 Å². The smallest absolute Gasteiger partial charge is 0.252 e. The van der Waals surface area contributed by atoms with E-state index in [1.54, 1.807) is 7.11 Å². The molecule has 0 fully saturated rings. The Labute approximate surface area is 124 Å². The molecule has 0 bridgehead atoms. The van der Waals surface area contributed by atoms with Gasteiger partial charge in [0, 0.05) is 24.1 Å². The number of aliphatic hydroxyl groups excluding tert-OH is 1. The van der Waals surface area contributed by atoms with Crippen molar-refractivity contribution in [3.63, 3.8) is 0 Å². The van der Waals surface area contributed by atoms with Gasteiger partial charge in [0.2, 0.25) is 0 Å². The SMILES string of the molecule is COC1=CC(=O)N/C1=C\c1ccc(CCCCCCO)[nH]1. The largest absolute Gasteiger partial charge is 0.494 e. The molecule has 1 aliphatic heterocycles. The van der Waals surface area contributed by atoms with Crippen LogP contribution in [0.2, 0.25) is 0 Å². The Kier molecular flexibility index (Phi) is 5.63. The molecule has 1 aliphatic rings. The van der Waals surface area contributed by atoms with Gasteiger partial charge in [-0.25, -0.2) is 0 Å². The number of nitrogens with one attached hydrogen (secondary N) is 2. The zero-order chi connectivity index (χ0) is 15.1. The van der Waals surface area contributed by atoms with E-state index in [9.17, 15) is 4.79 Å². The highest BCUT2D eigenvalue weighted by atomic mass is 16.5. The molecule has 2 heterocycles. The van der Waals surface area contributed by atoms with Gasteiger partial charge in [-0.15, -0.1) is 0 Å². The summed E-state index contributed by atoms with van der Waals surface area (Å²) in [5, 5.41) is 11.5. The van der Waals surface area contributed by atoms with Crippen LogP contribution in [-0.4, -0.2) is 29.7 Å². The minimum atomic E-state index is -0.159. The van der Waals surface area contributed by atoms with E-state index in [-0.39, 0.29) is 12.5 Å². The van der Waals surface area contributed by atoms with E-state index in [2.05, 4.69) is 16.4 Å². The molecule has 1 aromatic heterocycles. The van der Waals surface area contributed by atoms with Crippen molar-refractivity contribution in [1.29, 1.82) is 0 Å². The lowest BCUT2D eigenvalue weighted by Crippen LogP contribution is -2.13. The fraction of sp³-hybridized carbons (Fsp3) is 0.438. The lowest BCUT2D eigenvalue weighted by atomic mass is 10.1. The Morgan fingerprint density at radius 1 is 1.24 bits per heavy atom. The van der Waals surface area contributed by atoms with Gasteiger partial charge in [0.05, 0.1) is 12.8 Å². The number of H-pyrrole nitrogens is 1. The summed E-state index contributed by atoms with van der Waals surface area (Å²) in [7, 11) is 1.55. The molecule has 0 unspecified atom stereocenters. The zero-order valence-electron chi connectivity index (χ0n) is 12.3. The number of aromatic nitrogens is 1. The Morgan fingerprint density at radius 3 is 2.81 bits per heavy atom. The molecule has 5 heteroatoms. The predicted octanol–water partition coefficient (Wildman–Crippen LogP) is 2.11. The molecule has 2 rings (SSSR count). The van der Waals surface area contributed by atoms with Gasteiger partial charge < -0.3 is 20.1 Å². The first kappa shape index (κ1) is 15.4. The van der Waals surface area contributed by atoms with E-state index < -0.39 is 0 Å². The summed E-state index contributed by atoms with van der Waals surface area (Å²) >= 11 is 0. The van der Waals surface area contributed by atoms with Crippen LogP contribution in [-0.2, 0) is 16.0 Å². The molecule has 1 amide bonds. The van der Waals surface area contributed by atoms with E-state index >= 15 is 0 Å². The van der Waals surface area contributed by atoms with Gasteiger partial charge in [0.1, 0.15) is 5.76 Å². The van der Waals surface area contributed by atoms with Gasteiger partial charge in [-0.1, -0.05) is 12.8 Å². The number of aryl methyl sites for hydroxylation is 1. The van der Waals surface area contributed by atoms with Crippen LogP contribution in [0.5, 0.6) is 0 Å². The summed E-state index contributed by atoms with van der Waals surface area (Å²) in [5.41, 5.74) is 2.80. The molecule has 114 valence electrons. The Balaban J connectivity index is 1.88. The number of aliphatic hydroxyl groups is 1. The summed E-state index contributed by atoms with van der Waals surface area (Å²) < 4.78 is 5.15. The van der Waals surface area contributed by atoms with Gasteiger partial charge in [-0.2, -0.15) is 0 Å². The number of ether oxygens (including phenoxy) is 1. The van der Waals surface area contributed by atoms with Gasteiger partial charge in [-0.3, -0.25) is 4.79 Å². The second-order valence-corrected chi connectivity index (χ2v) is 5.09. The van der Waals surface area contributed by atoms with Crippen LogP contribution in [0.3, 0.4) is 0 Å². The first-order chi connectivity index (χ1) is 10.2. The average Bonchev–Trinajstić information content (AvgIpc) is 3.05. The van der Waals surface area contributed by atoms with Crippen LogP contribution < -0.4 is 5.32 Å². The van der Waals surface area contributed by atoms with Crippen LogP contribution in [0, 0.1) is 0 Å². The standard InChI is InChI=1S/C16H22N2O3/c1-21-15-11-16(20)18-14(15)10-13-8-7-12(17-13)6-4-2-3-5-9-19/h7-8,10-11,17,19H,2-6,9H2,1H3,(H,18,20)/b14-10-. The molecular weight excluding hydrogens is 268 g/mol. The maximum atomic E-state index is 11.3. The normalized spacial score (nSPS) is 16.2. The number of amides is 1. The van der Waals surface area contributed by atoms with Crippen LogP contribution in [0.4, 0.5) is 0 Å². The molecule has 5 nitrogen and oxygen atoms in total. The van der Waals surface area contributed by atoms with Crippen molar-refractivity contribution >= 4 is 12.0 Å². The molecule has 0 aromatic carbocycles. The zero-order valence-corrected chi connectivity index (χ0v) is 12.3. The van der Waals surface area contributed by atoms with Crippen molar-refractivity contribution in [2.24, 2.45) is 0 Å². The number of methoxy groups -OCH3 is 1. The lowest BCUT2D eigenvalue weighted by Gasteiger charge is -2.03. The third-order valence-corrected chi connectivity index (χ3v) is 3.43. The highest BCUT2D eigenvalue weighted by molar-refractivity contribution is 5.95. The summed E-state index contributed by atoms with van der Waals surface area (Å²) in [4.78, 5) is 14.6. The second kappa shape index (κ2) is 7.69. The Hall–Kier alpha value is -2.01.